The molecule has 0 spiro atoms. The standard InChI is InChI=1S/C21H17N3O4/c25-21(17-10-6-11-19(13-17)24(26)27)23-22-14-18-9-4-5-12-20(18)28-15-16-7-2-1-3-8-16/h1-14H,15H2,(H,23,25)/b22-14-. The molecule has 1 N–H and O–H groups in total. The summed E-state index contributed by atoms with van der Waals surface area (Å²) >= 11 is 0. The van der Waals surface area contributed by atoms with Crippen molar-refractivity contribution < 1.29 is 14.5 Å². The minimum atomic E-state index is -0.555. The number of non-ortho nitro benzene ring substituents is 1. The smallest absolute Gasteiger partial charge is 0.271 e. The van der Waals surface area contributed by atoms with Gasteiger partial charge in [-0.05, 0) is 23.8 Å². The van der Waals surface area contributed by atoms with Gasteiger partial charge in [-0.15, -0.1) is 0 Å². The Morgan fingerprint density at radius 1 is 1.04 bits per heavy atom. The van der Waals surface area contributed by atoms with Crippen LogP contribution in [0.1, 0.15) is 21.5 Å². The van der Waals surface area contributed by atoms with Crippen LogP contribution in [0.3, 0.4) is 0 Å². The first-order chi connectivity index (χ1) is 13.6. The normalized spacial score (nSPS) is 10.6. The van der Waals surface area contributed by atoms with E-state index < -0.39 is 10.8 Å². The van der Waals surface area contributed by atoms with Crippen LogP contribution in [0.5, 0.6) is 5.75 Å². The van der Waals surface area contributed by atoms with Crippen LogP contribution in [0.2, 0.25) is 0 Å². The van der Waals surface area contributed by atoms with Crippen molar-refractivity contribution in [1.29, 1.82) is 0 Å². The van der Waals surface area contributed by atoms with E-state index in [9.17, 15) is 14.9 Å². The van der Waals surface area contributed by atoms with Gasteiger partial charge in [-0.3, -0.25) is 14.9 Å². The third-order valence-electron chi connectivity index (χ3n) is 3.85. The molecule has 0 aliphatic heterocycles. The molecule has 3 aromatic carbocycles. The first-order valence-corrected chi connectivity index (χ1v) is 8.47. The van der Waals surface area contributed by atoms with E-state index in [0.717, 1.165) is 5.56 Å². The molecule has 3 rings (SSSR count). The predicted octanol–water partition coefficient (Wildman–Crippen LogP) is 3.94. The molecule has 0 saturated carbocycles. The number of hydrazone groups is 1. The van der Waals surface area contributed by atoms with E-state index in [0.29, 0.717) is 17.9 Å². The van der Waals surface area contributed by atoms with E-state index in [1.165, 1.54) is 30.5 Å². The van der Waals surface area contributed by atoms with Gasteiger partial charge in [-0.1, -0.05) is 48.5 Å². The Morgan fingerprint density at radius 3 is 2.57 bits per heavy atom. The second-order valence-corrected chi connectivity index (χ2v) is 5.82. The molecule has 0 aromatic heterocycles. The number of nitrogens with one attached hydrogen (secondary N) is 1. The number of carbonyl (C=O) groups excluding carboxylic acids is 1. The lowest BCUT2D eigenvalue weighted by molar-refractivity contribution is -0.384. The van der Waals surface area contributed by atoms with Crippen LogP contribution in [0, 0.1) is 10.1 Å². The number of amides is 1. The summed E-state index contributed by atoms with van der Waals surface area (Å²) in [6.45, 7) is 0.408. The lowest BCUT2D eigenvalue weighted by atomic mass is 10.2. The Hall–Kier alpha value is -4.00. The van der Waals surface area contributed by atoms with Crippen molar-refractivity contribution in [2.45, 2.75) is 6.61 Å². The highest BCUT2D eigenvalue weighted by molar-refractivity contribution is 5.95. The summed E-state index contributed by atoms with van der Waals surface area (Å²) in [6, 6.07) is 22.5. The molecule has 0 aliphatic carbocycles. The first-order valence-electron chi connectivity index (χ1n) is 8.47. The van der Waals surface area contributed by atoms with Crippen LogP contribution in [-0.4, -0.2) is 17.0 Å². The van der Waals surface area contributed by atoms with Gasteiger partial charge >= 0.3 is 0 Å². The number of hydrogen-bond acceptors (Lipinski definition) is 5. The quantitative estimate of drug-likeness (QED) is 0.384. The van der Waals surface area contributed by atoms with Gasteiger partial charge in [0.1, 0.15) is 12.4 Å². The molecule has 3 aromatic rings. The summed E-state index contributed by atoms with van der Waals surface area (Å²) in [5.74, 6) is 0.0855. The Bertz CT molecular complexity index is 1000. The third-order valence-corrected chi connectivity index (χ3v) is 3.85. The van der Waals surface area contributed by atoms with Crippen molar-refractivity contribution >= 4 is 17.8 Å². The lowest BCUT2D eigenvalue weighted by Gasteiger charge is -2.09. The average Bonchev–Trinajstić information content (AvgIpc) is 2.73. The maximum atomic E-state index is 12.1. The monoisotopic (exact) mass is 375 g/mol. The topological polar surface area (TPSA) is 93.8 Å². The zero-order valence-electron chi connectivity index (χ0n) is 14.8. The molecule has 7 nitrogen and oxygen atoms in total. The minimum absolute atomic E-state index is 0.153. The van der Waals surface area contributed by atoms with Crippen LogP contribution in [-0.2, 0) is 6.61 Å². The van der Waals surface area contributed by atoms with Crippen LogP contribution < -0.4 is 10.2 Å². The van der Waals surface area contributed by atoms with Crippen molar-refractivity contribution in [2.24, 2.45) is 5.10 Å². The highest BCUT2D eigenvalue weighted by atomic mass is 16.6. The molecule has 0 radical (unpaired) electrons. The summed E-state index contributed by atoms with van der Waals surface area (Å²) < 4.78 is 5.83. The van der Waals surface area contributed by atoms with E-state index in [2.05, 4.69) is 10.5 Å². The number of nitro groups is 1. The number of ether oxygens (including phenoxy) is 1. The SMILES string of the molecule is O=C(N/N=C\c1ccccc1OCc1ccccc1)c1cccc([N+](=O)[O-])c1. The fraction of sp³-hybridized carbons (Fsp3) is 0.0476. The molecule has 0 saturated heterocycles. The maximum absolute atomic E-state index is 12.1. The Morgan fingerprint density at radius 2 is 1.79 bits per heavy atom. The molecule has 28 heavy (non-hydrogen) atoms. The molecule has 7 heteroatoms. The molecular formula is C21H17N3O4. The number of carbonyl (C=O) groups is 1. The number of nitrogens with zero attached hydrogens (tertiary/aromatic N) is 2. The summed E-state index contributed by atoms with van der Waals surface area (Å²) in [5, 5.41) is 14.7. The molecule has 0 atom stereocenters. The Labute approximate surface area is 161 Å². The van der Waals surface area contributed by atoms with Crippen LogP contribution >= 0.6 is 0 Å². The second-order valence-electron chi connectivity index (χ2n) is 5.82. The molecule has 0 fully saturated rings. The number of hydrogen-bond donors (Lipinski definition) is 1. The van der Waals surface area contributed by atoms with Gasteiger partial charge in [0.25, 0.3) is 11.6 Å². The van der Waals surface area contributed by atoms with Crippen molar-refractivity contribution in [3.63, 3.8) is 0 Å². The van der Waals surface area contributed by atoms with Gasteiger partial charge in [0, 0.05) is 23.3 Å². The van der Waals surface area contributed by atoms with Crippen LogP contribution in [0.4, 0.5) is 5.69 Å². The van der Waals surface area contributed by atoms with Gasteiger partial charge < -0.3 is 4.74 Å². The van der Waals surface area contributed by atoms with Gasteiger partial charge in [0.05, 0.1) is 11.1 Å². The van der Waals surface area contributed by atoms with E-state index in [4.69, 9.17) is 4.74 Å². The van der Waals surface area contributed by atoms with Crippen molar-refractivity contribution in [3.8, 4) is 5.75 Å². The third kappa shape index (κ3) is 5.01. The molecule has 0 heterocycles. The van der Waals surface area contributed by atoms with E-state index in [-0.39, 0.29) is 11.3 Å². The molecule has 0 unspecified atom stereocenters. The van der Waals surface area contributed by atoms with Gasteiger partial charge in [-0.2, -0.15) is 5.10 Å². The molecule has 1 amide bonds. The predicted molar refractivity (Wildman–Crippen MR) is 105 cm³/mol. The number of nitro benzene ring substituents is 1. The van der Waals surface area contributed by atoms with E-state index in [1.807, 2.05) is 54.6 Å². The van der Waals surface area contributed by atoms with Crippen molar-refractivity contribution in [2.75, 3.05) is 0 Å². The van der Waals surface area contributed by atoms with Crippen molar-refractivity contribution in [1.82, 2.24) is 5.43 Å². The number of rotatable bonds is 7. The first kappa shape index (κ1) is 18.8. The maximum Gasteiger partial charge on any atom is 0.271 e. The van der Waals surface area contributed by atoms with Crippen LogP contribution in [0.25, 0.3) is 0 Å². The Kier molecular flexibility index (Phi) is 6.10. The zero-order chi connectivity index (χ0) is 19.8. The van der Waals surface area contributed by atoms with Gasteiger partial charge in [0.15, 0.2) is 0 Å². The largest absolute Gasteiger partial charge is 0.488 e. The molecule has 0 aliphatic rings. The lowest BCUT2D eigenvalue weighted by Crippen LogP contribution is -2.17. The summed E-state index contributed by atoms with van der Waals surface area (Å²) in [4.78, 5) is 22.4. The summed E-state index contributed by atoms with van der Waals surface area (Å²) in [6.07, 6.45) is 1.47. The van der Waals surface area contributed by atoms with Gasteiger partial charge in [0.2, 0.25) is 0 Å². The van der Waals surface area contributed by atoms with Crippen molar-refractivity contribution in [3.05, 3.63) is 106 Å². The highest BCUT2D eigenvalue weighted by Gasteiger charge is 2.10. The van der Waals surface area contributed by atoms with Crippen LogP contribution in [0.15, 0.2) is 84.0 Å². The van der Waals surface area contributed by atoms with Gasteiger partial charge in [-0.25, -0.2) is 5.43 Å². The summed E-state index contributed by atoms with van der Waals surface area (Å²) in [7, 11) is 0. The number of benzene rings is 3. The van der Waals surface area contributed by atoms with E-state index >= 15 is 0 Å². The molecule has 0 bridgehead atoms. The minimum Gasteiger partial charge on any atom is -0.488 e. The zero-order valence-corrected chi connectivity index (χ0v) is 14.8. The average molecular weight is 375 g/mol. The fourth-order valence-corrected chi connectivity index (χ4v) is 2.44. The highest BCUT2D eigenvalue weighted by Crippen LogP contribution is 2.18. The number of para-hydroxylation sites is 1. The molecule has 140 valence electrons. The fourth-order valence-electron chi connectivity index (χ4n) is 2.44. The molecular weight excluding hydrogens is 358 g/mol. The second kappa shape index (κ2) is 9.09. The van der Waals surface area contributed by atoms with E-state index in [1.54, 1.807) is 0 Å². The Balaban J connectivity index is 1.65. The summed E-state index contributed by atoms with van der Waals surface area (Å²) in [5.41, 5.74) is 4.09.